The molecule has 0 N–H and O–H groups in total. The van der Waals surface area contributed by atoms with E-state index in [0.717, 1.165) is 6.07 Å². The first-order valence-corrected chi connectivity index (χ1v) is 6.40. The largest absolute Gasteiger partial charge is 0.286 e. The Kier molecular flexibility index (Phi) is 2.99. The fraction of sp³-hybridized carbons (Fsp3) is 0. The molecule has 2 rings (SSSR count). The van der Waals surface area contributed by atoms with Gasteiger partial charge >= 0.3 is 0 Å². The van der Waals surface area contributed by atoms with Crippen LogP contribution in [0.25, 0.3) is 0 Å². The van der Waals surface area contributed by atoms with Crippen LogP contribution in [-0.4, -0.2) is 17.6 Å². The lowest BCUT2D eigenvalue weighted by molar-refractivity contribution is 0.575. The summed E-state index contributed by atoms with van der Waals surface area (Å²) < 4.78 is 24.5. The van der Waals surface area contributed by atoms with Crippen molar-refractivity contribution >= 4 is 21.6 Å². The van der Waals surface area contributed by atoms with Gasteiger partial charge in [0.15, 0.2) is 5.15 Å². The summed E-state index contributed by atoms with van der Waals surface area (Å²) in [6.45, 7) is 0. The summed E-state index contributed by atoms with van der Waals surface area (Å²) in [6.07, 6.45) is 0. The van der Waals surface area contributed by atoms with Crippen molar-refractivity contribution in [3.63, 3.8) is 0 Å². The van der Waals surface area contributed by atoms with Gasteiger partial charge in [-0.05, 0) is 18.2 Å². The molecule has 0 aliphatic carbocycles. The van der Waals surface area contributed by atoms with Gasteiger partial charge in [-0.3, -0.25) is 4.79 Å². The topological polar surface area (TPSA) is 69.0 Å². The van der Waals surface area contributed by atoms with Crippen LogP contribution in [0.15, 0.2) is 52.2 Å². The van der Waals surface area contributed by atoms with E-state index in [1.165, 1.54) is 18.2 Å². The second-order valence-electron chi connectivity index (χ2n) is 3.16. The second-order valence-corrected chi connectivity index (χ2v) is 5.31. The molecule has 1 heterocycles. The van der Waals surface area contributed by atoms with Crippen LogP contribution in [0, 0.1) is 0 Å². The highest BCUT2D eigenvalue weighted by Crippen LogP contribution is 2.10. The molecule has 1 aromatic carbocycles. The van der Waals surface area contributed by atoms with Crippen molar-refractivity contribution in [3.05, 3.63) is 58.0 Å². The summed E-state index contributed by atoms with van der Waals surface area (Å²) in [6, 6.07) is 9.84. The minimum absolute atomic E-state index is 0.0168. The highest BCUT2D eigenvalue weighted by molar-refractivity contribution is 7.89. The zero-order chi connectivity index (χ0) is 12.5. The molecule has 0 amide bonds. The van der Waals surface area contributed by atoms with Crippen LogP contribution < -0.4 is 5.56 Å². The van der Waals surface area contributed by atoms with Crippen molar-refractivity contribution in [3.8, 4) is 0 Å². The quantitative estimate of drug-likeness (QED) is 0.820. The van der Waals surface area contributed by atoms with E-state index >= 15 is 0 Å². The van der Waals surface area contributed by atoms with Crippen LogP contribution >= 0.6 is 11.6 Å². The van der Waals surface area contributed by atoms with Crippen LogP contribution in [0.5, 0.6) is 0 Å². The minimum Gasteiger partial charge on any atom is -0.267 e. The highest BCUT2D eigenvalue weighted by atomic mass is 35.5. The number of benzene rings is 1. The lowest BCUT2D eigenvalue weighted by Gasteiger charge is -2.05. The van der Waals surface area contributed by atoms with Crippen LogP contribution in [0.2, 0.25) is 5.15 Å². The molecule has 2 aromatic rings. The Bertz CT molecular complexity index is 695. The monoisotopic (exact) mass is 270 g/mol. The minimum atomic E-state index is -3.98. The number of aromatic nitrogens is 2. The van der Waals surface area contributed by atoms with Crippen molar-refractivity contribution in [1.29, 1.82) is 0 Å². The van der Waals surface area contributed by atoms with E-state index in [4.69, 9.17) is 11.6 Å². The lowest BCUT2D eigenvalue weighted by Crippen LogP contribution is -2.29. The van der Waals surface area contributed by atoms with Gasteiger partial charge in [-0.25, -0.2) is 0 Å². The van der Waals surface area contributed by atoms with Gasteiger partial charge in [0.2, 0.25) is 0 Å². The molecule has 0 aliphatic rings. The molecule has 0 spiro atoms. The Labute approximate surface area is 102 Å². The van der Waals surface area contributed by atoms with E-state index in [-0.39, 0.29) is 10.0 Å². The molecule has 88 valence electrons. The van der Waals surface area contributed by atoms with E-state index in [9.17, 15) is 13.2 Å². The zero-order valence-electron chi connectivity index (χ0n) is 8.45. The summed E-state index contributed by atoms with van der Waals surface area (Å²) in [5.41, 5.74) is -0.752. The van der Waals surface area contributed by atoms with E-state index in [1.807, 2.05) is 0 Å². The average molecular weight is 271 g/mol. The Balaban J connectivity index is 2.69. The highest BCUT2D eigenvalue weighted by Gasteiger charge is 2.19. The predicted octanol–water partition coefficient (Wildman–Crippen LogP) is 1.13. The fourth-order valence-corrected chi connectivity index (χ4v) is 2.62. The van der Waals surface area contributed by atoms with Gasteiger partial charge in [-0.1, -0.05) is 29.8 Å². The molecule has 7 heteroatoms. The van der Waals surface area contributed by atoms with Gasteiger partial charge in [0.25, 0.3) is 15.6 Å². The maximum absolute atomic E-state index is 12.0. The first-order chi connectivity index (χ1) is 8.01. The summed E-state index contributed by atoms with van der Waals surface area (Å²) in [5, 5.41) is 3.44. The summed E-state index contributed by atoms with van der Waals surface area (Å²) in [5.74, 6) is 0. The van der Waals surface area contributed by atoms with Gasteiger partial charge in [0.1, 0.15) is 0 Å². The van der Waals surface area contributed by atoms with Crippen LogP contribution in [0.1, 0.15) is 0 Å². The van der Waals surface area contributed by atoms with Crippen molar-refractivity contribution in [1.82, 2.24) is 9.19 Å². The van der Waals surface area contributed by atoms with E-state index in [1.54, 1.807) is 18.2 Å². The summed E-state index contributed by atoms with van der Waals surface area (Å²) in [7, 11) is -3.98. The van der Waals surface area contributed by atoms with Crippen molar-refractivity contribution < 1.29 is 8.42 Å². The predicted molar refractivity (Wildman–Crippen MR) is 62.5 cm³/mol. The van der Waals surface area contributed by atoms with Gasteiger partial charge in [-0.2, -0.15) is 8.42 Å². The molecular formula is C10H7ClN2O3S. The third kappa shape index (κ3) is 2.22. The Hall–Kier alpha value is -1.66. The molecule has 5 nitrogen and oxygen atoms in total. The average Bonchev–Trinajstić information content (AvgIpc) is 2.33. The number of hydrogen-bond donors (Lipinski definition) is 0. The normalized spacial score (nSPS) is 11.4. The molecule has 1 aromatic heterocycles. The molecule has 0 unspecified atom stereocenters. The smallest absolute Gasteiger partial charge is 0.267 e. The van der Waals surface area contributed by atoms with Gasteiger partial charge < -0.3 is 0 Å². The van der Waals surface area contributed by atoms with Crippen molar-refractivity contribution in [2.45, 2.75) is 4.90 Å². The number of rotatable bonds is 2. The Morgan fingerprint density at radius 2 is 1.71 bits per heavy atom. The molecule has 0 radical (unpaired) electrons. The first-order valence-electron chi connectivity index (χ1n) is 4.58. The number of hydrogen-bond acceptors (Lipinski definition) is 4. The van der Waals surface area contributed by atoms with Gasteiger partial charge in [0, 0.05) is 6.07 Å². The molecular weight excluding hydrogens is 264 g/mol. The molecule has 0 bridgehead atoms. The van der Waals surface area contributed by atoms with E-state index in [0.29, 0.717) is 4.09 Å². The number of nitrogens with zero attached hydrogens (tertiary/aromatic N) is 2. The fourth-order valence-electron chi connectivity index (χ4n) is 1.24. The van der Waals surface area contributed by atoms with E-state index < -0.39 is 15.6 Å². The Morgan fingerprint density at radius 3 is 2.35 bits per heavy atom. The molecule has 0 saturated carbocycles. The van der Waals surface area contributed by atoms with Gasteiger partial charge in [0.05, 0.1) is 4.90 Å². The summed E-state index contributed by atoms with van der Waals surface area (Å²) >= 11 is 5.58. The first kappa shape index (κ1) is 11.8. The standard InChI is InChI=1S/C10H7ClN2O3S/c11-9-6-7-10(14)13(12-9)17(15,16)8-4-2-1-3-5-8/h1-7H. The maximum Gasteiger partial charge on any atom is 0.286 e. The van der Waals surface area contributed by atoms with Crippen molar-refractivity contribution in [2.24, 2.45) is 0 Å². The third-order valence-corrected chi connectivity index (χ3v) is 3.79. The van der Waals surface area contributed by atoms with Crippen LogP contribution in [0.3, 0.4) is 0 Å². The third-order valence-electron chi connectivity index (χ3n) is 2.01. The molecule has 0 aliphatic heterocycles. The van der Waals surface area contributed by atoms with Crippen LogP contribution in [0.4, 0.5) is 0 Å². The SMILES string of the molecule is O=c1ccc(Cl)nn1S(=O)(=O)c1ccccc1. The molecule has 17 heavy (non-hydrogen) atoms. The van der Waals surface area contributed by atoms with E-state index in [2.05, 4.69) is 5.10 Å². The Morgan fingerprint density at radius 1 is 1.06 bits per heavy atom. The lowest BCUT2D eigenvalue weighted by atomic mass is 10.4. The molecule has 0 fully saturated rings. The zero-order valence-corrected chi connectivity index (χ0v) is 10.0. The van der Waals surface area contributed by atoms with Crippen molar-refractivity contribution in [2.75, 3.05) is 0 Å². The van der Waals surface area contributed by atoms with Crippen LogP contribution in [-0.2, 0) is 10.0 Å². The number of halogens is 1. The molecule has 0 atom stereocenters. The summed E-state index contributed by atoms with van der Waals surface area (Å²) in [4.78, 5) is 11.4. The van der Waals surface area contributed by atoms with Gasteiger partial charge in [-0.15, -0.1) is 9.19 Å². The second kappa shape index (κ2) is 4.31. The maximum atomic E-state index is 12.0. The molecule has 0 saturated heterocycles.